The van der Waals surface area contributed by atoms with E-state index in [4.69, 9.17) is 0 Å². The molecule has 2 rings (SSSR count). The lowest BCUT2D eigenvalue weighted by molar-refractivity contribution is -0.134. The number of likely N-dealkylation sites (N-methyl/N-ethyl adjacent to an activating group) is 2. The first-order valence-electron chi connectivity index (χ1n) is 6.34. The Balaban J connectivity index is 2.30. The lowest BCUT2D eigenvalue weighted by Crippen LogP contribution is -2.52. The van der Waals surface area contributed by atoms with Crippen LogP contribution in [0.3, 0.4) is 0 Å². The van der Waals surface area contributed by atoms with Gasteiger partial charge in [-0.3, -0.25) is 19.4 Å². The van der Waals surface area contributed by atoms with E-state index >= 15 is 0 Å². The Bertz CT molecular complexity index is 695. The van der Waals surface area contributed by atoms with Gasteiger partial charge in [-0.05, 0) is 12.1 Å². The van der Waals surface area contributed by atoms with Crippen LogP contribution in [0.4, 0.5) is 4.79 Å². The number of hydrogen-bond acceptors (Lipinski definition) is 5. The minimum Gasteiger partial charge on any atom is -0.504 e. The molecule has 7 nitrogen and oxygen atoms in total. The van der Waals surface area contributed by atoms with Gasteiger partial charge >= 0.3 is 6.03 Å². The average Bonchev–Trinajstić information content (AvgIpc) is 2.50. The molecule has 0 unspecified atom stereocenters. The van der Waals surface area contributed by atoms with Crippen LogP contribution in [-0.2, 0) is 9.59 Å². The van der Waals surface area contributed by atoms with Crippen molar-refractivity contribution in [2.45, 2.75) is 0 Å². The van der Waals surface area contributed by atoms with Crippen LogP contribution in [0.1, 0.15) is 5.56 Å². The number of phenols is 2. The Morgan fingerprint density at radius 1 is 1.00 bits per heavy atom. The van der Waals surface area contributed by atoms with Crippen molar-refractivity contribution in [2.75, 3.05) is 14.1 Å². The predicted octanol–water partition coefficient (Wildman–Crippen LogP) is 1.09. The zero-order valence-electron chi connectivity index (χ0n) is 12.0. The summed E-state index contributed by atoms with van der Waals surface area (Å²) < 4.78 is 0. The number of imide groups is 2. The minimum atomic E-state index is -0.696. The summed E-state index contributed by atoms with van der Waals surface area (Å²) in [5, 5.41) is 19.0. The highest BCUT2D eigenvalue weighted by atomic mass is 16.3. The van der Waals surface area contributed by atoms with Crippen LogP contribution in [0.15, 0.2) is 35.9 Å². The maximum Gasteiger partial charge on any atom is 0.333 e. The summed E-state index contributed by atoms with van der Waals surface area (Å²) in [5.74, 6) is -1.97. The minimum absolute atomic E-state index is 0.166. The Hall–Kier alpha value is -3.09. The van der Waals surface area contributed by atoms with Gasteiger partial charge < -0.3 is 10.2 Å². The highest BCUT2D eigenvalue weighted by molar-refractivity contribution is 6.28. The van der Waals surface area contributed by atoms with Crippen molar-refractivity contribution in [3.63, 3.8) is 0 Å². The van der Waals surface area contributed by atoms with E-state index in [1.807, 2.05) is 0 Å². The van der Waals surface area contributed by atoms with Crippen LogP contribution in [0, 0.1) is 0 Å². The number of urea groups is 1. The fourth-order valence-electron chi connectivity index (χ4n) is 1.93. The Labute approximate surface area is 126 Å². The van der Waals surface area contributed by atoms with Gasteiger partial charge in [-0.1, -0.05) is 24.3 Å². The second kappa shape index (κ2) is 5.72. The van der Waals surface area contributed by atoms with Crippen molar-refractivity contribution in [3.05, 3.63) is 41.5 Å². The third-order valence-electron chi connectivity index (χ3n) is 3.23. The average molecular weight is 302 g/mol. The highest BCUT2D eigenvalue weighted by Crippen LogP contribution is 2.29. The van der Waals surface area contributed by atoms with Crippen LogP contribution < -0.4 is 0 Å². The molecule has 1 aromatic carbocycles. The van der Waals surface area contributed by atoms with Crippen molar-refractivity contribution >= 4 is 23.9 Å². The predicted molar refractivity (Wildman–Crippen MR) is 77.8 cm³/mol. The maximum atomic E-state index is 11.9. The number of carbonyl (C=O) groups excluding carboxylic acids is 3. The molecule has 0 radical (unpaired) electrons. The normalized spacial score (nSPS) is 15.9. The van der Waals surface area contributed by atoms with Crippen molar-refractivity contribution in [1.82, 2.24) is 9.80 Å². The summed E-state index contributed by atoms with van der Waals surface area (Å²) in [6.07, 6.45) is 4.07. The van der Waals surface area contributed by atoms with Crippen LogP contribution in [0.5, 0.6) is 11.5 Å². The second-order valence-corrected chi connectivity index (χ2v) is 4.67. The van der Waals surface area contributed by atoms with Gasteiger partial charge in [-0.25, -0.2) is 4.79 Å². The molecule has 1 aliphatic rings. The number of para-hydroxylation sites is 1. The molecule has 1 heterocycles. The van der Waals surface area contributed by atoms with Crippen LogP contribution in [0.25, 0.3) is 6.08 Å². The summed E-state index contributed by atoms with van der Waals surface area (Å²) in [6.45, 7) is 0. The Kier molecular flexibility index (Phi) is 3.98. The molecule has 2 N–H and O–H groups in total. The lowest BCUT2D eigenvalue weighted by atomic mass is 10.1. The van der Waals surface area contributed by atoms with E-state index in [9.17, 15) is 24.6 Å². The van der Waals surface area contributed by atoms with Crippen LogP contribution in [0.2, 0.25) is 0 Å². The summed E-state index contributed by atoms with van der Waals surface area (Å²) in [5.41, 5.74) is 0.158. The van der Waals surface area contributed by atoms with Gasteiger partial charge in [0.15, 0.2) is 11.5 Å². The molecule has 7 heteroatoms. The largest absolute Gasteiger partial charge is 0.504 e. The molecule has 0 atom stereocenters. The first-order valence-corrected chi connectivity index (χ1v) is 6.34. The van der Waals surface area contributed by atoms with Gasteiger partial charge in [-0.2, -0.15) is 0 Å². The molecule has 0 bridgehead atoms. The second-order valence-electron chi connectivity index (χ2n) is 4.67. The van der Waals surface area contributed by atoms with Crippen LogP contribution >= 0.6 is 0 Å². The van der Waals surface area contributed by atoms with E-state index in [0.717, 1.165) is 9.80 Å². The number of barbiturate groups is 1. The number of allylic oxidation sites excluding steroid dienone is 2. The van der Waals surface area contributed by atoms with E-state index in [1.54, 1.807) is 12.1 Å². The standard InChI is InChI=1S/C15H14N2O5/c1-16-13(20)10(14(21)17(2)15(16)22)7-3-5-9-6-4-8-11(18)12(9)19/h3-8,18-19H,1-2H3. The van der Waals surface area contributed by atoms with E-state index in [2.05, 4.69) is 0 Å². The summed E-state index contributed by atoms with van der Waals surface area (Å²) in [4.78, 5) is 37.1. The lowest BCUT2D eigenvalue weighted by Gasteiger charge is -2.28. The van der Waals surface area contributed by atoms with E-state index in [0.29, 0.717) is 5.56 Å². The number of nitrogens with zero attached hydrogens (tertiary/aromatic N) is 2. The Morgan fingerprint density at radius 3 is 2.18 bits per heavy atom. The number of carbonyl (C=O) groups is 3. The zero-order chi connectivity index (χ0) is 16.4. The molecule has 114 valence electrons. The van der Waals surface area contributed by atoms with Gasteiger partial charge in [-0.15, -0.1) is 0 Å². The molecule has 1 aromatic rings. The number of benzene rings is 1. The van der Waals surface area contributed by atoms with E-state index in [-0.39, 0.29) is 17.1 Å². The van der Waals surface area contributed by atoms with E-state index in [1.165, 1.54) is 38.4 Å². The molecule has 22 heavy (non-hydrogen) atoms. The number of rotatable bonds is 2. The summed E-state index contributed by atoms with van der Waals surface area (Å²) in [7, 11) is 2.57. The molecule has 1 saturated heterocycles. The van der Waals surface area contributed by atoms with Gasteiger partial charge in [0, 0.05) is 19.7 Å². The summed E-state index contributed by atoms with van der Waals surface area (Å²) in [6, 6.07) is 3.73. The monoisotopic (exact) mass is 302 g/mol. The van der Waals surface area contributed by atoms with Crippen molar-refractivity contribution in [1.29, 1.82) is 0 Å². The fourth-order valence-corrected chi connectivity index (χ4v) is 1.93. The van der Waals surface area contributed by atoms with Gasteiger partial charge in [0.1, 0.15) is 5.57 Å². The molecule has 4 amide bonds. The van der Waals surface area contributed by atoms with Crippen LogP contribution in [-0.4, -0.2) is 52.0 Å². The number of aromatic hydroxyl groups is 2. The number of hydrogen-bond donors (Lipinski definition) is 2. The van der Waals surface area contributed by atoms with Gasteiger partial charge in [0.2, 0.25) is 0 Å². The third kappa shape index (κ3) is 2.56. The molecular weight excluding hydrogens is 288 g/mol. The molecule has 0 saturated carbocycles. The van der Waals surface area contributed by atoms with Crippen molar-refractivity contribution in [3.8, 4) is 11.5 Å². The zero-order valence-corrected chi connectivity index (χ0v) is 12.0. The maximum absolute atomic E-state index is 11.9. The molecule has 0 spiro atoms. The molecule has 0 aromatic heterocycles. The SMILES string of the molecule is CN1C(=O)C(=CC=Cc2cccc(O)c2O)C(=O)N(C)C1=O. The smallest absolute Gasteiger partial charge is 0.333 e. The molecule has 0 aliphatic carbocycles. The fraction of sp³-hybridized carbons (Fsp3) is 0.133. The van der Waals surface area contributed by atoms with Crippen molar-refractivity contribution in [2.24, 2.45) is 0 Å². The molecule has 1 aliphatic heterocycles. The van der Waals surface area contributed by atoms with Crippen molar-refractivity contribution < 1.29 is 24.6 Å². The van der Waals surface area contributed by atoms with E-state index < -0.39 is 17.8 Å². The first-order chi connectivity index (χ1) is 10.3. The number of amides is 4. The highest BCUT2D eigenvalue weighted by Gasteiger charge is 2.37. The third-order valence-corrected chi connectivity index (χ3v) is 3.23. The topological polar surface area (TPSA) is 98.2 Å². The number of phenolic OH excluding ortho intramolecular Hbond substituents is 2. The molecule has 1 fully saturated rings. The molecular formula is C15H14N2O5. The van der Waals surface area contributed by atoms with Gasteiger partial charge in [0.05, 0.1) is 0 Å². The van der Waals surface area contributed by atoms with Gasteiger partial charge in [0.25, 0.3) is 11.8 Å². The Morgan fingerprint density at radius 2 is 1.59 bits per heavy atom. The first kappa shape index (κ1) is 15.3. The quantitative estimate of drug-likeness (QED) is 0.484. The summed E-state index contributed by atoms with van der Waals surface area (Å²) >= 11 is 0.